The molecule has 0 aliphatic rings. The number of hydrogen-bond donors (Lipinski definition) is 1. The first-order valence-corrected chi connectivity index (χ1v) is 7.09. The molecule has 0 amide bonds. The summed E-state index contributed by atoms with van der Waals surface area (Å²) in [6.07, 6.45) is 0. The number of carbonyl (C=O) groups is 1. The topological polar surface area (TPSA) is 29.1 Å². The summed E-state index contributed by atoms with van der Waals surface area (Å²) in [7, 11) is 0. The van der Waals surface area contributed by atoms with Crippen molar-refractivity contribution in [3.8, 4) is 0 Å². The van der Waals surface area contributed by atoms with Crippen molar-refractivity contribution in [1.82, 2.24) is 0 Å². The molecule has 0 saturated carbocycles. The van der Waals surface area contributed by atoms with Gasteiger partial charge in [-0.25, -0.2) is 0 Å². The molecular weight excluding hydrogens is 349 g/mol. The summed E-state index contributed by atoms with van der Waals surface area (Å²) in [4.78, 5) is 12.0. The molecule has 2 aromatic carbocycles. The number of benzene rings is 2. The number of para-hydroxylation sites is 1. The fourth-order valence-electron chi connectivity index (χ4n) is 1.57. The number of halogens is 3. The lowest BCUT2D eigenvalue weighted by molar-refractivity contribution is 0.101. The summed E-state index contributed by atoms with van der Waals surface area (Å²) < 4.78 is 0.936. The maximum Gasteiger partial charge on any atom is 0.181 e. The minimum Gasteiger partial charge on any atom is -0.375 e. The molecule has 0 aliphatic heterocycles. The first-order valence-electron chi connectivity index (χ1n) is 5.54. The molecule has 0 aliphatic carbocycles. The number of carbonyl (C=O) groups excluding carboxylic acids is 1. The van der Waals surface area contributed by atoms with Crippen LogP contribution < -0.4 is 5.32 Å². The lowest BCUT2D eigenvalue weighted by atomic mass is 10.1. The number of rotatable bonds is 4. The van der Waals surface area contributed by atoms with Gasteiger partial charge in [0.15, 0.2) is 5.78 Å². The van der Waals surface area contributed by atoms with Crippen LogP contribution in [0.4, 0.5) is 5.69 Å². The molecule has 0 radical (unpaired) electrons. The summed E-state index contributed by atoms with van der Waals surface area (Å²) in [6.45, 7) is 0.144. The Balaban J connectivity index is 2.06. The maximum absolute atomic E-state index is 12.0. The number of anilines is 1. The van der Waals surface area contributed by atoms with Gasteiger partial charge in [0.25, 0.3) is 0 Å². The average Bonchev–Trinajstić information content (AvgIpc) is 2.38. The van der Waals surface area contributed by atoms with Crippen molar-refractivity contribution in [2.24, 2.45) is 0 Å². The van der Waals surface area contributed by atoms with E-state index in [1.54, 1.807) is 30.3 Å². The van der Waals surface area contributed by atoms with E-state index in [1.807, 2.05) is 12.1 Å². The van der Waals surface area contributed by atoms with Crippen LogP contribution in [0.5, 0.6) is 0 Å². The van der Waals surface area contributed by atoms with Gasteiger partial charge in [0, 0.05) is 10.0 Å². The second-order valence-electron chi connectivity index (χ2n) is 3.88. The van der Waals surface area contributed by atoms with Crippen LogP contribution in [0.2, 0.25) is 10.0 Å². The number of ketones is 1. The Hall–Kier alpha value is -1.03. The van der Waals surface area contributed by atoms with E-state index < -0.39 is 0 Å². The second kappa shape index (κ2) is 6.42. The molecule has 0 atom stereocenters. The van der Waals surface area contributed by atoms with Crippen LogP contribution in [0.3, 0.4) is 0 Å². The monoisotopic (exact) mass is 357 g/mol. The molecule has 0 unspecified atom stereocenters. The fourth-order valence-corrected chi connectivity index (χ4v) is 2.37. The molecule has 0 saturated heterocycles. The van der Waals surface area contributed by atoms with E-state index in [0.717, 1.165) is 4.47 Å². The summed E-state index contributed by atoms with van der Waals surface area (Å²) in [6, 6.07) is 12.4. The van der Waals surface area contributed by atoms with Crippen LogP contribution >= 0.6 is 39.1 Å². The minimum absolute atomic E-state index is 0.0245. The Labute approximate surface area is 129 Å². The average molecular weight is 359 g/mol. The zero-order valence-corrected chi connectivity index (χ0v) is 12.9. The highest BCUT2D eigenvalue weighted by molar-refractivity contribution is 9.10. The molecule has 2 nitrogen and oxygen atoms in total. The molecule has 19 heavy (non-hydrogen) atoms. The Morgan fingerprint density at radius 1 is 1.05 bits per heavy atom. The first kappa shape index (κ1) is 14.4. The normalized spacial score (nSPS) is 10.3. The quantitative estimate of drug-likeness (QED) is 0.774. The maximum atomic E-state index is 12.0. The van der Waals surface area contributed by atoms with E-state index in [4.69, 9.17) is 23.2 Å². The van der Waals surface area contributed by atoms with Crippen LogP contribution in [-0.4, -0.2) is 12.3 Å². The highest BCUT2D eigenvalue weighted by Gasteiger charge is 2.09. The van der Waals surface area contributed by atoms with Crippen molar-refractivity contribution in [1.29, 1.82) is 0 Å². The van der Waals surface area contributed by atoms with Gasteiger partial charge in [0.1, 0.15) is 0 Å². The Morgan fingerprint density at radius 2 is 1.63 bits per heavy atom. The summed E-state index contributed by atoms with van der Waals surface area (Å²) in [5.74, 6) is -0.0245. The molecule has 98 valence electrons. The third-order valence-corrected chi connectivity index (χ3v) is 3.71. The van der Waals surface area contributed by atoms with Crippen LogP contribution in [0.15, 0.2) is 46.9 Å². The predicted octanol–water partition coefficient (Wildman–Crippen LogP) is 5.05. The zero-order chi connectivity index (χ0) is 13.8. The van der Waals surface area contributed by atoms with Gasteiger partial charge in [-0.1, -0.05) is 57.3 Å². The zero-order valence-electron chi connectivity index (χ0n) is 9.79. The van der Waals surface area contributed by atoms with Crippen molar-refractivity contribution in [3.05, 3.63) is 62.5 Å². The Morgan fingerprint density at radius 3 is 2.21 bits per heavy atom. The van der Waals surface area contributed by atoms with E-state index in [9.17, 15) is 4.79 Å². The SMILES string of the molecule is O=C(CNc1c(Cl)cccc1Cl)c1ccc(Br)cc1. The van der Waals surface area contributed by atoms with Gasteiger partial charge in [-0.05, 0) is 24.3 Å². The Bertz CT molecular complexity index is 579. The number of hydrogen-bond acceptors (Lipinski definition) is 2. The minimum atomic E-state index is -0.0245. The smallest absolute Gasteiger partial charge is 0.181 e. The van der Waals surface area contributed by atoms with E-state index in [0.29, 0.717) is 21.3 Å². The van der Waals surface area contributed by atoms with Gasteiger partial charge in [-0.15, -0.1) is 0 Å². The van der Waals surface area contributed by atoms with Crippen LogP contribution in [0, 0.1) is 0 Å². The molecular formula is C14H10BrCl2NO. The Kier molecular flexibility index (Phi) is 4.86. The number of nitrogens with one attached hydrogen (secondary N) is 1. The third-order valence-electron chi connectivity index (χ3n) is 2.55. The van der Waals surface area contributed by atoms with Crippen LogP contribution in [0.25, 0.3) is 0 Å². The summed E-state index contributed by atoms with van der Waals surface area (Å²) in [5.41, 5.74) is 1.22. The molecule has 0 aromatic heterocycles. The predicted molar refractivity (Wildman–Crippen MR) is 83.4 cm³/mol. The fraction of sp³-hybridized carbons (Fsp3) is 0.0714. The summed E-state index contributed by atoms with van der Waals surface area (Å²) in [5, 5.41) is 3.96. The molecule has 2 rings (SSSR count). The standard InChI is InChI=1S/C14H10BrCl2NO/c15-10-6-4-9(5-7-10)13(19)8-18-14-11(16)2-1-3-12(14)17/h1-7,18H,8H2. The van der Waals surface area contributed by atoms with Gasteiger partial charge in [0.2, 0.25) is 0 Å². The van der Waals surface area contributed by atoms with Gasteiger partial charge in [-0.3, -0.25) is 4.79 Å². The van der Waals surface area contributed by atoms with Crippen LogP contribution in [0.1, 0.15) is 10.4 Å². The highest BCUT2D eigenvalue weighted by atomic mass is 79.9. The van der Waals surface area contributed by atoms with Gasteiger partial charge in [0.05, 0.1) is 22.3 Å². The van der Waals surface area contributed by atoms with Crippen LogP contribution in [-0.2, 0) is 0 Å². The van der Waals surface area contributed by atoms with E-state index in [1.165, 1.54) is 0 Å². The van der Waals surface area contributed by atoms with Crippen molar-refractivity contribution in [2.45, 2.75) is 0 Å². The van der Waals surface area contributed by atoms with Crippen molar-refractivity contribution in [3.63, 3.8) is 0 Å². The van der Waals surface area contributed by atoms with Crippen molar-refractivity contribution in [2.75, 3.05) is 11.9 Å². The first-order chi connectivity index (χ1) is 9.08. The lowest BCUT2D eigenvalue weighted by Gasteiger charge is -2.09. The molecule has 2 aromatic rings. The highest BCUT2D eigenvalue weighted by Crippen LogP contribution is 2.29. The number of Topliss-reactive ketones (excluding diaryl/α,β-unsaturated/α-hetero) is 1. The second-order valence-corrected chi connectivity index (χ2v) is 5.61. The molecule has 0 fully saturated rings. The van der Waals surface area contributed by atoms with Gasteiger partial charge < -0.3 is 5.32 Å². The molecule has 5 heteroatoms. The van der Waals surface area contributed by atoms with E-state index in [-0.39, 0.29) is 12.3 Å². The molecule has 0 spiro atoms. The molecule has 0 heterocycles. The third kappa shape index (κ3) is 3.72. The molecule has 1 N–H and O–H groups in total. The van der Waals surface area contributed by atoms with Crippen molar-refractivity contribution >= 4 is 50.6 Å². The molecule has 0 bridgehead atoms. The lowest BCUT2D eigenvalue weighted by Crippen LogP contribution is -2.14. The van der Waals surface area contributed by atoms with Gasteiger partial charge in [-0.2, -0.15) is 0 Å². The largest absolute Gasteiger partial charge is 0.375 e. The van der Waals surface area contributed by atoms with Crippen molar-refractivity contribution < 1.29 is 4.79 Å². The van der Waals surface area contributed by atoms with E-state index >= 15 is 0 Å². The van der Waals surface area contributed by atoms with Gasteiger partial charge >= 0.3 is 0 Å². The summed E-state index contributed by atoms with van der Waals surface area (Å²) >= 11 is 15.4. The van der Waals surface area contributed by atoms with E-state index in [2.05, 4.69) is 21.2 Å².